The normalized spacial score (nSPS) is 19.5. The predicted molar refractivity (Wildman–Crippen MR) is 72.3 cm³/mol. The molecule has 1 aliphatic heterocycles. The molecule has 6 nitrogen and oxygen atoms in total. The van der Waals surface area contributed by atoms with Crippen molar-refractivity contribution in [3.8, 4) is 0 Å². The van der Waals surface area contributed by atoms with Crippen molar-refractivity contribution in [2.75, 3.05) is 0 Å². The van der Waals surface area contributed by atoms with Gasteiger partial charge in [0.15, 0.2) is 5.84 Å². The van der Waals surface area contributed by atoms with E-state index in [1.165, 1.54) is 0 Å². The first-order valence-electron chi connectivity index (χ1n) is 6.67. The van der Waals surface area contributed by atoms with Crippen LogP contribution in [0.3, 0.4) is 0 Å². The van der Waals surface area contributed by atoms with Crippen LogP contribution in [0.25, 0.3) is 0 Å². The van der Waals surface area contributed by atoms with Crippen LogP contribution in [0, 0.1) is 5.92 Å². The molecule has 1 aliphatic carbocycles. The Morgan fingerprint density at radius 1 is 1.40 bits per heavy atom. The first-order chi connectivity index (χ1) is 9.69. The molecule has 1 amide bonds. The topological polar surface area (TPSA) is 96.9 Å². The third-order valence-electron chi connectivity index (χ3n) is 3.80. The largest absolute Gasteiger partial charge is 0.409 e. The predicted octanol–water partition coefficient (Wildman–Crippen LogP) is 0.972. The van der Waals surface area contributed by atoms with E-state index in [1.807, 2.05) is 12.1 Å². The Morgan fingerprint density at radius 3 is 2.85 bits per heavy atom. The summed E-state index contributed by atoms with van der Waals surface area (Å²) in [6.45, 7) is 1.15. The van der Waals surface area contributed by atoms with Crippen LogP contribution in [0.4, 0.5) is 0 Å². The molecule has 1 aromatic rings. The van der Waals surface area contributed by atoms with Crippen molar-refractivity contribution in [1.82, 2.24) is 5.32 Å². The van der Waals surface area contributed by atoms with Gasteiger partial charge in [0.25, 0.3) is 5.91 Å². The Morgan fingerprint density at radius 2 is 2.15 bits per heavy atom. The van der Waals surface area contributed by atoms with Gasteiger partial charge in [0.2, 0.25) is 0 Å². The van der Waals surface area contributed by atoms with Gasteiger partial charge in [-0.15, -0.1) is 0 Å². The molecule has 0 aromatic heterocycles. The summed E-state index contributed by atoms with van der Waals surface area (Å²) in [7, 11) is 0. The maximum Gasteiger partial charge on any atom is 0.251 e. The number of amidine groups is 1. The molecule has 106 valence electrons. The van der Waals surface area contributed by atoms with E-state index in [2.05, 4.69) is 10.5 Å². The molecule has 1 heterocycles. The number of oxime groups is 1. The summed E-state index contributed by atoms with van der Waals surface area (Å²) < 4.78 is 5.33. The number of ether oxygens (including phenoxy) is 1. The van der Waals surface area contributed by atoms with E-state index < -0.39 is 6.04 Å². The Hall–Kier alpha value is -2.08. The maximum atomic E-state index is 12.3. The molecule has 0 bridgehead atoms. The standard InChI is InChI=1S/C14H17N3O3/c15-13(17-19)12(8-1-2-8)16-14(18)9-3-4-10-6-20-7-11(10)5-9/h3-5,8,12,19H,1-2,6-7H2,(H2,15,17)(H,16,18). The van der Waals surface area contributed by atoms with Crippen molar-refractivity contribution in [3.05, 3.63) is 34.9 Å². The second-order valence-electron chi connectivity index (χ2n) is 5.29. The zero-order valence-electron chi connectivity index (χ0n) is 11.0. The van der Waals surface area contributed by atoms with Crippen LogP contribution in [0.1, 0.15) is 34.3 Å². The average Bonchev–Trinajstić information content (AvgIpc) is 3.20. The van der Waals surface area contributed by atoms with E-state index in [0.717, 1.165) is 24.0 Å². The quantitative estimate of drug-likeness (QED) is 0.330. The molecule has 20 heavy (non-hydrogen) atoms. The number of rotatable bonds is 4. The number of benzene rings is 1. The number of amides is 1. The van der Waals surface area contributed by atoms with Crippen molar-refractivity contribution in [3.63, 3.8) is 0 Å². The van der Waals surface area contributed by atoms with Crippen LogP contribution in [0.15, 0.2) is 23.4 Å². The first-order valence-corrected chi connectivity index (χ1v) is 6.67. The zero-order chi connectivity index (χ0) is 14.1. The lowest BCUT2D eigenvalue weighted by atomic mass is 10.1. The van der Waals surface area contributed by atoms with Crippen molar-refractivity contribution in [2.24, 2.45) is 16.8 Å². The number of carbonyl (C=O) groups is 1. The number of nitrogens with one attached hydrogen (secondary N) is 1. The van der Waals surface area contributed by atoms with Crippen LogP contribution in [0.5, 0.6) is 0 Å². The molecule has 1 atom stereocenters. The van der Waals surface area contributed by atoms with Gasteiger partial charge in [-0.3, -0.25) is 4.79 Å². The van der Waals surface area contributed by atoms with Crippen molar-refractivity contribution in [2.45, 2.75) is 32.1 Å². The third kappa shape index (κ3) is 2.46. The first kappa shape index (κ1) is 12.9. The lowest BCUT2D eigenvalue weighted by molar-refractivity contribution is 0.0942. The number of carbonyl (C=O) groups excluding carboxylic acids is 1. The van der Waals surface area contributed by atoms with E-state index in [0.29, 0.717) is 18.8 Å². The van der Waals surface area contributed by atoms with Gasteiger partial charge in [-0.1, -0.05) is 11.2 Å². The van der Waals surface area contributed by atoms with E-state index in [9.17, 15) is 4.79 Å². The third-order valence-corrected chi connectivity index (χ3v) is 3.80. The molecule has 4 N–H and O–H groups in total. The smallest absolute Gasteiger partial charge is 0.251 e. The van der Waals surface area contributed by atoms with E-state index >= 15 is 0 Å². The van der Waals surface area contributed by atoms with Crippen LogP contribution in [0.2, 0.25) is 0 Å². The van der Waals surface area contributed by atoms with Crippen LogP contribution >= 0.6 is 0 Å². The van der Waals surface area contributed by atoms with Crippen LogP contribution in [-0.4, -0.2) is 23.0 Å². The van der Waals surface area contributed by atoms with Gasteiger partial charge in [0.1, 0.15) is 0 Å². The number of hydrogen-bond acceptors (Lipinski definition) is 4. The van der Waals surface area contributed by atoms with Gasteiger partial charge in [-0.05, 0) is 42.0 Å². The minimum absolute atomic E-state index is 0.0605. The fourth-order valence-corrected chi connectivity index (χ4v) is 2.46. The van der Waals surface area contributed by atoms with Gasteiger partial charge < -0.3 is 21.0 Å². The molecular formula is C14H17N3O3. The summed E-state index contributed by atoms with van der Waals surface area (Å²) in [5, 5.41) is 14.6. The highest BCUT2D eigenvalue weighted by Gasteiger charge is 2.35. The Kier molecular flexibility index (Phi) is 3.31. The average molecular weight is 275 g/mol. The SMILES string of the molecule is NC(=NO)C(NC(=O)c1ccc2c(c1)COC2)C1CC1. The summed E-state index contributed by atoms with van der Waals surface area (Å²) in [5.74, 6) is 0.126. The second-order valence-corrected chi connectivity index (χ2v) is 5.29. The molecule has 0 spiro atoms. The van der Waals surface area contributed by atoms with Crippen molar-refractivity contribution in [1.29, 1.82) is 0 Å². The number of hydrogen-bond donors (Lipinski definition) is 3. The van der Waals surface area contributed by atoms with Crippen molar-refractivity contribution < 1.29 is 14.7 Å². The van der Waals surface area contributed by atoms with Gasteiger partial charge in [0.05, 0.1) is 19.3 Å². The summed E-state index contributed by atoms with van der Waals surface area (Å²) in [5.41, 5.74) is 8.38. The Balaban J connectivity index is 1.75. The molecular weight excluding hydrogens is 258 g/mol. The lowest BCUT2D eigenvalue weighted by Crippen LogP contribution is -2.46. The minimum Gasteiger partial charge on any atom is -0.409 e. The minimum atomic E-state index is -0.392. The van der Waals surface area contributed by atoms with E-state index in [1.54, 1.807) is 6.07 Å². The fourth-order valence-electron chi connectivity index (χ4n) is 2.46. The van der Waals surface area contributed by atoms with Gasteiger partial charge >= 0.3 is 0 Å². The highest BCUT2D eigenvalue weighted by molar-refractivity contribution is 5.98. The fraction of sp³-hybridized carbons (Fsp3) is 0.429. The summed E-state index contributed by atoms with van der Waals surface area (Å²) in [4.78, 5) is 12.3. The Bertz CT molecular complexity index is 567. The molecule has 6 heteroatoms. The van der Waals surface area contributed by atoms with Crippen LogP contribution < -0.4 is 11.1 Å². The van der Waals surface area contributed by atoms with Crippen LogP contribution in [-0.2, 0) is 18.0 Å². The zero-order valence-corrected chi connectivity index (χ0v) is 11.0. The lowest BCUT2D eigenvalue weighted by Gasteiger charge is -2.16. The highest BCUT2D eigenvalue weighted by atomic mass is 16.5. The van der Waals surface area contributed by atoms with Crippen molar-refractivity contribution >= 4 is 11.7 Å². The number of nitrogens with two attached hydrogens (primary N) is 1. The Labute approximate surface area is 116 Å². The van der Waals surface area contributed by atoms with E-state index in [4.69, 9.17) is 15.7 Å². The van der Waals surface area contributed by atoms with E-state index in [-0.39, 0.29) is 17.7 Å². The summed E-state index contributed by atoms with van der Waals surface area (Å²) >= 11 is 0. The molecule has 1 aromatic carbocycles. The number of nitrogens with zero attached hydrogens (tertiary/aromatic N) is 1. The highest BCUT2D eigenvalue weighted by Crippen LogP contribution is 2.33. The summed E-state index contributed by atoms with van der Waals surface area (Å²) in [6.07, 6.45) is 1.97. The molecule has 2 aliphatic rings. The summed E-state index contributed by atoms with van der Waals surface area (Å²) in [6, 6.07) is 5.14. The second kappa shape index (κ2) is 5.13. The van der Waals surface area contributed by atoms with Gasteiger partial charge in [0, 0.05) is 5.56 Å². The molecule has 1 unspecified atom stereocenters. The molecule has 0 saturated heterocycles. The molecule has 0 radical (unpaired) electrons. The molecule has 3 rings (SSSR count). The monoisotopic (exact) mass is 275 g/mol. The van der Waals surface area contributed by atoms with Gasteiger partial charge in [-0.2, -0.15) is 0 Å². The maximum absolute atomic E-state index is 12.3. The van der Waals surface area contributed by atoms with Gasteiger partial charge in [-0.25, -0.2) is 0 Å². The number of fused-ring (bicyclic) bond motifs is 1. The molecule has 1 saturated carbocycles. The molecule has 1 fully saturated rings.